The smallest absolute Gasteiger partial charge is 0.334 e. The summed E-state index contributed by atoms with van der Waals surface area (Å²) in [6.07, 6.45) is 0.134. The molecule has 148 valence electrons. The van der Waals surface area contributed by atoms with Crippen LogP contribution in [0.4, 0.5) is 10.5 Å². The largest absolute Gasteiger partial charge is 0.443 e. The Morgan fingerprint density at radius 1 is 1.15 bits per heavy atom. The Morgan fingerprint density at radius 2 is 1.78 bits per heavy atom. The summed E-state index contributed by atoms with van der Waals surface area (Å²) in [7, 11) is 0. The highest BCUT2D eigenvalue weighted by Gasteiger charge is 2.35. The maximum absolute atomic E-state index is 12.9. The summed E-state index contributed by atoms with van der Waals surface area (Å²) in [5.41, 5.74) is 0.744. The number of esters is 1. The fourth-order valence-electron chi connectivity index (χ4n) is 2.57. The lowest BCUT2D eigenvalue weighted by Crippen LogP contribution is -2.53. The summed E-state index contributed by atoms with van der Waals surface area (Å²) < 4.78 is 5.16. The van der Waals surface area contributed by atoms with E-state index in [1.807, 2.05) is 12.1 Å². The molecule has 0 N–H and O–H groups in total. The van der Waals surface area contributed by atoms with E-state index < -0.39 is 24.1 Å². The number of urea groups is 1. The number of imide groups is 1. The molecule has 6 nitrogen and oxygen atoms in total. The first-order valence-electron chi connectivity index (χ1n) is 8.91. The van der Waals surface area contributed by atoms with Crippen LogP contribution in [0.3, 0.4) is 0 Å². The quantitative estimate of drug-likeness (QED) is 0.715. The molecule has 0 unspecified atom stereocenters. The number of benzene rings is 1. The highest BCUT2D eigenvalue weighted by atomic mass is 35.5. The summed E-state index contributed by atoms with van der Waals surface area (Å²) in [4.78, 5) is 39.5. The summed E-state index contributed by atoms with van der Waals surface area (Å²) in [5.74, 6) is -0.853. The Morgan fingerprint density at radius 3 is 2.33 bits per heavy atom. The number of nitrogens with zero attached hydrogens (tertiary/aromatic N) is 2. The normalized spacial score (nSPS) is 16.0. The highest BCUT2D eigenvalue weighted by Crippen LogP contribution is 2.34. The van der Waals surface area contributed by atoms with Crippen LogP contribution in [0.15, 0.2) is 18.2 Å². The van der Waals surface area contributed by atoms with Crippen molar-refractivity contribution in [1.29, 1.82) is 0 Å². The van der Waals surface area contributed by atoms with Crippen molar-refractivity contribution in [2.24, 2.45) is 5.41 Å². The number of halogens is 1. The van der Waals surface area contributed by atoms with Gasteiger partial charge in [-0.05, 0) is 43.9 Å². The summed E-state index contributed by atoms with van der Waals surface area (Å²) in [5, 5.41) is 0.428. The van der Waals surface area contributed by atoms with Crippen LogP contribution in [0, 0.1) is 5.41 Å². The topological polar surface area (TPSA) is 66.9 Å². The third-order valence-corrected chi connectivity index (χ3v) is 4.67. The molecule has 0 bridgehead atoms. The van der Waals surface area contributed by atoms with Gasteiger partial charge in [-0.25, -0.2) is 9.69 Å². The summed E-state index contributed by atoms with van der Waals surface area (Å²) in [6, 6.07) is 5.01. The van der Waals surface area contributed by atoms with Gasteiger partial charge in [0, 0.05) is 13.0 Å². The van der Waals surface area contributed by atoms with Gasteiger partial charge in [0.2, 0.25) is 5.91 Å². The van der Waals surface area contributed by atoms with E-state index in [0.717, 1.165) is 10.5 Å². The molecule has 1 heterocycles. The molecule has 0 radical (unpaired) electrons. The highest BCUT2D eigenvalue weighted by molar-refractivity contribution is 6.34. The molecule has 27 heavy (non-hydrogen) atoms. The zero-order chi connectivity index (χ0) is 20.6. The second-order valence-electron chi connectivity index (χ2n) is 8.73. The zero-order valence-electron chi connectivity index (χ0n) is 16.8. The fraction of sp³-hybridized carbons (Fsp3) is 0.550. The van der Waals surface area contributed by atoms with Gasteiger partial charge in [0.05, 0.1) is 16.1 Å². The van der Waals surface area contributed by atoms with Crippen molar-refractivity contribution < 1.29 is 19.1 Å². The lowest BCUT2D eigenvalue weighted by Gasteiger charge is -2.35. The molecule has 1 aliphatic rings. The average Bonchev–Trinajstić information content (AvgIpc) is 2.53. The molecule has 0 spiro atoms. The van der Waals surface area contributed by atoms with Gasteiger partial charge in [0.15, 0.2) is 6.73 Å². The molecule has 0 atom stereocenters. The Bertz CT molecular complexity index is 762. The van der Waals surface area contributed by atoms with E-state index >= 15 is 0 Å². The lowest BCUT2D eigenvalue weighted by molar-refractivity contribution is -0.158. The van der Waals surface area contributed by atoms with E-state index in [2.05, 4.69) is 20.8 Å². The second kappa shape index (κ2) is 7.50. The minimum atomic E-state index is -0.716. The number of carbonyl (C=O) groups is 3. The van der Waals surface area contributed by atoms with E-state index in [9.17, 15) is 14.4 Å². The molecular formula is C20H27ClN2O4. The lowest BCUT2D eigenvalue weighted by atomic mass is 9.87. The monoisotopic (exact) mass is 394 g/mol. The summed E-state index contributed by atoms with van der Waals surface area (Å²) >= 11 is 6.33. The van der Waals surface area contributed by atoms with Crippen molar-refractivity contribution >= 4 is 35.2 Å². The first-order valence-corrected chi connectivity index (χ1v) is 9.29. The summed E-state index contributed by atoms with van der Waals surface area (Å²) in [6.45, 7) is 11.2. The molecule has 0 saturated carbocycles. The molecule has 1 fully saturated rings. The van der Waals surface area contributed by atoms with Gasteiger partial charge in [-0.15, -0.1) is 0 Å². The van der Waals surface area contributed by atoms with E-state index in [1.165, 1.54) is 4.90 Å². The second-order valence-corrected chi connectivity index (χ2v) is 9.14. The number of amides is 3. The first-order chi connectivity index (χ1) is 12.3. The number of carbonyl (C=O) groups excluding carboxylic acids is 3. The van der Waals surface area contributed by atoms with Gasteiger partial charge in [0.1, 0.15) is 0 Å². The van der Waals surface area contributed by atoms with Crippen molar-refractivity contribution in [2.75, 3.05) is 18.2 Å². The van der Waals surface area contributed by atoms with Crippen LogP contribution < -0.4 is 4.90 Å². The van der Waals surface area contributed by atoms with Gasteiger partial charge in [0.25, 0.3) is 0 Å². The Kier molecular flexibility index (Phi) is 5.90. The number of anilines is 1. The van der Waals surface area contributed by atoms with E-state index in [-0.39, 0.29) is 24.3 Å². The van der Waals surface area contributed by atoms with E-state index in [1.54, 1.807) is 26.8 Å². The third-order valence-electron chi connectivity index (χ3n) is 4.35. The third kappa shape index (κ3) is 4.80. The van der Waals surface area contributed by atoms with Crippen LogP contribution in [-0.2, 0) is 19.7 Å². The Labute approximate surface area is 165 Å². The van der Waals surface area contributed by atoms with Crippen LogP contribution in [-0.4, -0.2) is 36.1 Å². The van der Waals surface area contributed by atoms with Crippen molar-refractivity contribution in [2.45, 2.75) is 53.4 Å². The zero-order valence-corrected chi connectivity index (χ0v) is 17.5. The maximum atomic E-state index is 12.9. The molecule has 0 aromatic heterocycles. The molecule has 2 rings (SSSR count). The maximum Gasteiger partial charge on any atom is 0.334 e. The van der Waals surface area contributed by atoms with E-state index in [4.69, 9.17) is 16.3 Å². The number of hydrogen-bond donors (Lipinski definition) is 0. The first kappa shape index (κ1) is 21.2. The molecule has 1 aromatic carbocycles. The number of ether oxygens (including phenoxy) is 1. The minimum Gasteiger partial charge on any atom is -0.443 e. The van der Waals surface area contributed by atoms with Crippen LogP contribution in [0.5, 0.6) is 0 Å². The van der Waals surface area contributed by atoms with E-state index in [0.29, 0.717) is 10.7 Å². The predicted molar refractivity (Wildman–Crippen MR) is 105 cm³/mol. The van der Waals surface area contributed by atoms with Crippen LogP contribution in [0.2, 0.25) is 5.02 Å². The van der Waals surface area contributed by atoms with Gasteiger partial charge >= 0.3 is 12.0 Å². The number of rotatable bonds is 3. The standard InChI is InChI=1S/C20H27ClN2O4/c1-19(2,3)13-7-8-14(21)15(11-13)22-10-9-16(24)23(18(22)26)12-27-17(25)20(4,5)6/h7-8,11H,9-10,12H2,1-6H3. The van der Waals surface area contributed by atoms with Crippen LogP contribution in [0.1, 0.15) is 53.5 Å². The fourth-order valence-corrected chi connectivity index (χ4v) is 2.79. The minimum absolute atomic E-state index is 0.115. The van der Waals surface area contributed by atoms with Crippen LogP contribution in [0.25, 0.3) is 0 Å². The molecule has 1 saturated heterocycles. The van der Waals surface area contributed by atoms with Crippen LogP contribution >= 0.6 is 11.6 Å². The Hall–Kier alpha value is -2.08. The van der Waals surface area contributed by atoms with Crippen molar-refractivity contribution in [3.63, 3.8) is 0 Å². The number of hydrogen-bond acceptors (Lipinski definition) is 4. The molecule has 3 amide bonds. The van der Waals surface area contributed by atoms with Gasteiger partial charge in [-0.2, -0.15) is 0 Å². The van der Waals surface area contributed by atoms with Gasteiger partial charge in [-0.1, -0.05) is 38.4 Å². The molecule has 1 aromatic rings. The van der Waals surface area contributed by atoms with Gasteiger partial charge < -0.3 is 4.74 Å². The van der Waals surface area contributed by atoms with Crippen molar-refractivity contribution in [3.8, 4) is 0 Å². The van der Waals surface area contributed by atoms with Gasteiger partial charge in [-0.3, -0.25) is 14.5 Å². The molecule has 0 aliphatic carbocycles. The predicted octanol–water partition coefficient (Wildman–Crippen LogP) is 4.34. The Balaban J connectivity index is 2.26. The molecular weight excluding hydrogens is 368 g/mol. The van der Waals surface area contributed by atoms with Crippen molar-refractivity contribution in [3.05, 3.63) is 28.8 Å². The molecule has 1 aliphatic heterocycles. The average molecular weight is 395 g/mol. The van der Waals surface area contributed by atoms with Crippen molar-refractivity contribution in [1.82, 2.24) is 4.90 Å². The molecule has 7 heteroatoms. The SMILES string of the molecule is CC(C)(C)C(=O)OCN1C(=O)CCN(c2cc(C(C)(C)C)ccc2Cl)C1=O.